The summed E-state index contributed by atoms with van der Waals surface area (Å²) in [6.07, 6.45) is 7.34. The number of amides is 1. The average molecular weight is 353 g/mol. The van der Waals surface area contributed by atoms with Crippen molar-refractivity contribution >= 4 is 23.3 Å². The molecule has 4 aromatic rings. The molecule has 132 valence electrons. The number of aryl methyl sites for hydroxylation is 1. The molecular weight excluding hydrogens is 334 g/mol. The van der Waals surface area contributed by atoms with Crippen molar-refractivity contribution < 1.29 is 4.79 Å². The van der Waals surface area contributed by atoms with E-state index in [-0.39, 0.29) is 5.91 Å². The highest BCUT2D eigenvalue weighted by Crippen LogP contribution is 2.21. The van der Waals surface area contributed by atoms with Crippen molar-refractivity contribution in [3.05, 3.63) is 96.3 Å². The zero-order valence-corrected chi connectivity index (χ0v) is 15.0. The molecular formula is C23H19N3O. The maximum Gasteiger partial charge on any atom is 0.248 e. The van der Waals surface area contributed by atoms with Crippen molar-refractivity contribution in [1.82, 2.24) is 9.38 Å². The van der Waals surface area contributed by atoms with Gasteiger partial charge in [-0.2, -0.15) is 0 Å². The SMILES string of the molecule is Cc1ccn2cc(-c3ccc(NC(=O)C=Cc4ccccc4)cc3)nc2c1. The molecule has 2 aromatic heterocycles. The summed E-state index contributed by atoms with van der Waals surface area (Å²) >= 11 is 0. The lowest BCUT2D eigenvalue weighted by Gasteiger charge is -2.03. The van der Waals surface area contributed by atoms with Crippen molar-refractivity contribution in [2.75, 3.05) is 5.32 Å². The van der Waals surface area contributed by atoms with E-state index in [4.69, 9.17) is 0 Å². The zero-order valence-electron chi connectivity index (χ0n) is 15.0. The summed E-state index contributed by atoms with van der Waals surface area (Å²) < 4.78 is 2.01. The standard InChI is InChI=1S/C23H19N3O/c1-17-13-14-26-16-21(25-22(26)15-17)19-8-10-20(11-9-19)24-23(27)12-7-18-5-3-2-4-6-18/h2-16H,1H3,(H,24,27). The van der Waals surface area contributed by atoms with Crippen LogP contribution in [0.5, 0.6) is 0 Å². The van der Waals surface area contributed by atoms with Crippen LogP contribution in [-0.4, -0.2) is 15.3 Å². The van der Waals surface area contributed by atoms with Gasteiger partial charge in [0, 0.05) is 29.7 Å². The highest BCUT2D eigenvalue weighted by atomic mass is 16.1. The third-order valence-corrected chi connectivity index (χ3v) is 4.29. The number of anilines is 1. The Bertz CT molecular complexity index is 1110. The minimum absolute atomic E-state index is 0.158. The summed E-state index contributed by atoms with van der Waals surface area (Å²) in [5, 5.41) is 2.87. The predicted molar refractivity (Wildman–Crippen MR) is 109 cm³/mol. The number of hydrogen-bond acceptors (Lipinski definition) is 2. The summed E-state index contributed by atoms with van der Waals surface area (Å²) in [5.74, 6) is -0.158. The Labute approximate surface area is 157 Å². The molecule has 0 aliphatic rings. The van der Waals surface area contributed by atoms with Gasteiger partial charge in [-0.3, -0.25) is 4.79 Å². The van der Waals surface area contributed by atoms with Crippen molar-refractivity contribution in [3.8, 4) is 11.3 Å². The van der Waals surface area contributed by atoms with Crippen molar-refractivity contribution in [2.24, 2.45) is 0 Å². The van der Waals surface area contributed by atoms with Crippen LogP contribution in [0.4, 0.5) is 5.69 Å². The van der Waals surface area contributed by atoms with Gasteiger partial charge in [-0.25, -0.2) is 4.98 Å². The number of fused-ring (bicyclic) bond motifs is 1. The highest BCUT2D eigenvalue weighted by Gasteiger charge is 2.05. The first-order chi connectivity index (χ1) is 13.2. The van der Waals surface area contributed by atoms with Crippen molar-refractivity contribution in [3.63, 3.8) is 0 Å². The van der Waals surface area contributed by atoms with Crippen LogP contribution in [0.15, 0.2) is 85.2 Å². The summed E-state index contributed by atoms with van der Waals surface area (Å²) in [6.45, 7) is 2.05. The lowest BCUT2D eigenvalue weighted by molar-refractivity contribution is -0.111. The van der Waals surface area contributed by atoms with E-state index in [2.05, 4.69) is 29.4 Å². The Hall–Kier alpha value is -3.66. The molecule has 4 nitrogen and oxygen atoms in total. The number of rotatable bonds is 4. The number of carbonyl (C=O) groups excluding carboxylic acids is 1. The number of hydrogen-bond donors (Lipinski definition) is 1. The van der Waals surface area contributed by atoms with Gasteiger partial charge in [0.15, 0.2) is 0 Å². The maximum atomic E-state index is 12.1. The van der Waals surface area contributed by atoms with E-state index in [1.807, 2.05) is 71.4 Å². The topological polar surface area (TPSA) is 46.4 Å². The van der Waals surface area contributed by atoms with Gasteiger partial charge in [-0.1, -0.05) is 42.5 Å². The van der Waals surface area contributed by atoms with Gasteiger partial charge in [0.25, 0.3) is 0 Å². The van der Waals surface area contributed by atoms with Crippen LogP contribution in [0, 0.1) is 6.92 Å². The lowest BCUT2D eigenvalue weighted by atomic mass is 10.1. The number of aromatic nitrogens is 2. The van der Waals surface area contributed by atoms with E-state index < -0.39 is 0 Å². The van der Waals surface area contributed by atoms with E-state index in [0.29, 0.717) is 0 Å². The Balaban J connectivity index is 1.46. The molecule has 27 heavy (non-hydrogen) atoms. The Kier molecular flexibility index (Phi) is 4.54. The number of benzene rings is 2. The largest absolute Gasteiger partial charge is 0.323 e. The Morgan fingerprint density at radius 3 is 2.59 bits per heavy atom. The van der Waals surface area contributed by atoms with Crippen LogP contribution in [0.2, 0.25) is 0 Å². The number of carbonyl (C=O) groups is 1. The van der Waals surface area contributed by atoms with E-state index in [1.54, 1.807) is 6.08 Å². The van der Waals surface area contributed by atoms with Crippen LogP contribution < -0.4 is 5.32 Å². The van der Waals surface area contributed by atoms with Crippen LogP contribution in [-0.2, 0) is 4.79 Å². The molecule has 0 spiro atoms. The monoisotopic (exact) mass is 353 g/mol. The van der Waals surface area contributed by atoms with Crippen LogP contribution in [0.3, 0.4) is 0 Å². The lowest BCUT2D eigenvalue weighted by Crippen LogP contribution is -2.07. The van der Waals surface area contributed by atoms with Crippen LogP contribution >= 0.6 is 0 Å². The van der Waals surface area contributed by atoms with Crippen molar-refractivity contribution in [1.29, 1.82) is 0 Å². The molecule has 0 unspecified atom stereocenters. The number of nitrogens with one attached hydrogen (secondary N) is 1. The molecule has 0 fully saturated rings. The fourth-order valence-electron chi connectivity index (χ4n) is 2.87. The fourth-order valence-corrected chi connectivity index (χ4v) is 2.87. The first-order valence-electron chi connectivity index (χ1n) is 8.77. The second-order valence-electron chi connectivity index (χ2n) is 6.41. The quantitative estimate of drug-likeness (QED) is 0.527. The maximum absolute atomic E-state index is 12.1. The predicted octanol–water partition coefficient (Wildman–Crippen LogP) is 4.96. The zero-order chi connectivity index (χ0) is 18.6. The fraction of sp³-hybridized carbons (Fsp3) is 0.0435. The highest BCUT2D eigenvalue weighted by molar-refractivity contribution is 6.02. The molecule has 2 heterocycles. The van der Waals surface area contributed by atoms with Gasteiger partial charge in [0.2, 0.25) is 5.91 Å². The Morgan fingerprint density at radius 2 is 1.81 bits per heavy atom. The molecule has 0 atom stereocenters. The minimum Gasteiger partial charge on any atom is -0.323 e. The van der Waals surface area contributed by atoms with Gasteiger partial charge in [-0.05, 0) is 48.4 Å². The van der Waals surface area contributed by atoms with E-state index in [0.717, 1.165) is 28.2 Å². The third-order valence-electron chi connectivity index (χ3n) is 4.29. The molecule has 0 bridgehead atoms. The van der Waals surface area contributed by atoms with E-state index in [1.165, 1.54) is 11.6 Å². The van der Waals surface area contributed by atoms with Gasteiger partial charge in [-0.15, -0.1) is 0 Å². The molecule has 4 heteroatoms. The molecule has 1 amide bonds. The number of pyridine rings is 1. The molecule has 4 rings (SSSR count). The normalized spacial score (nSPS) is 11.1. The van der Waals surface area contributed by atoms with Crippen molar-refractivity contribution in [2.45, 2.75) is 6.92 Å². The molecule has 0 aliphatic carbocycles. The molecule has 0 aliphatic heterocycles. The van der Waals surface area contributed by atoms with Gasteiger partial charge in [0.05, 0.1) is 5.69 Å². The van der Waals surface area contributed by atoms with Gasteiger partial charge in [0.1, 0.15) is 5.65 Å². The molecule has 0 saturated heterocycles. The molecule has 2 aromatic carbocycles. The first kappa shape index (κ1) is 16.8. The molecule has 1 N–H and O–H groups in total. The smallest absolute Gasteiger partial charge is 0.248 e. The minimum atomic E-state index is -0.158. The summed E-state index contributed by atoms with van der Waals surface area (Å²) in [7, 11) is 0. The summed E-state index contributed by atoms with van der Waals surface area (Å²) in [5.41, 5.74) is 5.76. The summed E-state index contributed by atoms with van der Waals surface area (Å²) in [6, 6.07) is 21.5. The number of imidazole rings is 1. The van der Waals surface area contributed by atoms with Crippen LogP contribution in [0.1, 0.15) is 11.1 Å². The second kappa shape index (κ2) is 7.30. The summed E-state index contributed by atoms with van der Waals surface area (Å²) in [4.78, 5) is 16.7. The first-order valence-corrected chi connectivity index (χ1v) is 8.77. The van der Waals surface area contributed by atoms with E-state index >= 15 is 0 Å². The molecule has 0 saturated carbocycles. The van der Waals surface area contributed by atoms with Gasteiger partial charge >= 0.3 is 0 Å². The third kappa shape index (κ3) is 3.96. The number of nitrogens with zero attached hydrogens (tertiary/aromatic N) is 2. The average Bonchev–Trinajstić information content (AvgIpc) is 3.11. The Morgan fingerprint density at radius 1 is 1.04 bits per heavy atom. The van der Waals surface area contributed by atoms with Crippen LogP contribution in [0.25, 0.3) is 23.0 Å². The van der Waals surface area contributed by atoms with Gasteiger partial charge < -0.3 is 9.72 Å². The second-order valence-corrected chi connectivity index (χ2v) is 6.41. The molecule has 0 radical (unpaired) electrons. The van der Waals surface area contributed by atoms with E-state index in [9.17, 15) is 4.79 Å².